The molecule has 2 unspecified atom stereocenters. The summed E-state index contributed by atoms with van der Waals surface area (Å²) >= 11 is 0. The molecule has 4 nitrogen and oxygen atoms in total. The second-order valence-corrected chi connectivity index (χ2v) is 4.60. The van der Waals surface area contributed by atoms with E-state index in [1.807, 2.05) is 37.4 Å². The number of H-pyrrole nitrogens is 1. The molecule has 17 heavy (non-hydrogen) atoms. The monoisotopic (exact) mass is 232 g/mol. The summed E-state index contributed by atoms with van der Waals surface area (Å²) in [5.41, 5.74) is 6.53. The minimum atomic E-state index is -1.27. The zero-order valence-corrected chi connectivity index (χ0v) is 9.90. The molecule has 0 saturated heterocycles. The Kier molecular flexibility index (Phi) is 2.67. The summed E-state index contributed by atoms with van der Waals surface area (Å²) in [5, 5.41) is 10.2. The topological polar surface area (TPSA) is 79.1 Å². The van der Waals surface area contributed by atoms with Crippen LogP contribution in [0.5, 0.6) is 0 Å². The number of carboxylic acid groups (broad SMARTS) is 1. The van der Waals surface area contributed by atoms with E-state index in [9.17, 15) is 4.79 Å². The summed E-state index contributed by atoms with van der Waals surface area (Å²) in [4.78, 5) is 14.3. The zero-order valence-electron chi connectivity index (χ0n) is 9.90. The lowest BCUT2D eigenvalue weighted by atomic mass is 9.82. The first-order valence-corrected chi connectivity index (χ1v) is 5.53. The van der Waals surface area contributed by atoms with Gasteiger partial charge in [0, 0.05) is 23.0 Å². The quantitative estimate of drug-likeness (QED) is 0.758. The number of fused-ring (bicyclic) bond motifs is 1. The highest BCUT2D eigenvalue weighted by Crippen LogP contribution is 2.31. The molecule has 1 heterocycles. The van der Waals surface area contributed by atoms with Crippen molar-refractivity contribution in [3.05, 3.63) is 36.0 Å². The first-order chi connectivity index (χ1) is 7.94. The van der Waals surface area contributed by atoms with E-state index in [0.29, 0.717) is 0 Å². The van der Waals surface area contributed by atoms with E-state index in [1.54, 1.807) is 6.92 Å². The molecule has 2 atom stereocenters. The summed E-state index contributed by atoms with van der Waals surface area (Å²) < 4.78 is 0. The Bertz CT molecular complexity index is 557. The number of rotatable bonds is 3. The van der Waals surface area contributed by atoms with Crippen molar-refractivity contribution in [1.82, 2.24) is 4.98 Å². The van der Waals surface area contributed by atoms with Gasteiger partial charge in [-0.15, -0.1) is 0 Å². The van der Waals surface area contributed by atoms with Crippen molar-refractivity contribution in [3.8, 4) is 0 Å². The van der Waals surface area contributed by atoms with E-state index < -0.39 is 11.5 Å². The number of aromatic nitrogens is 1. The third-order valence-corrected chi connectivity index (χ3v) is 3.45. The van der Waals surface area contributed by atoms with E-state index in [4.69, 9.17) is 10.8 Å². The molecular formula is C13H16N2O2. The van der Waals surface area contributed by atoms with Crippen LogP contribution >= 0.6 is 0 Å². The molecule has 2 aromatic rings. The second-order valence-electron chi connectivity index (χ2n) is 4.60. The largest absolute Gasteiger partial charge is 0.480 e. The Morgan fingerprint density at radius 2 is 2.12 bits per heavy atom. The van der Waals surface area contributed by atoms with Crippen LogP contribution in [0.1, 0.15) is 25.3 Å². The van der Waals surface area contributed by atoms with Crippen molar-refractivity contribution >= 4 is 16.9 Å². The lowest BCUT2D eigenvalue weighted by Crippen LogP contribution is -2.49. The Hall–Kier alpha value is -1.81. The third-order valence-electron chi connectivity index (χ3n) is 3.45. The predicted octanol–water partition coefficient (Wildman–Crippen LogP) is 2.07. The molecule has 0 fully saturated rings. The van der Waals surface area contributed by atoms with Gasteiger partial charge < -0.3 is 15.8 Å². The molecule has 1 aromatic carbocycles. The van der Waals surface area contributed by atoms with Gasteiger partial charge in [0.05, 0.1) is 0 Å². The van der Waals surface area contributed by atoms with E-state index in [1.165, 1.54) is 0 Å². The van der Waals surface area contributed by atoms with Crippen molar-refractivity contribution in [1.29, 1.82) is 0 Å². The first kappa shape index (κ1) is 11.7. The van der Waals surface area contributed by atoms with Gasteiger partial charge >= 0.3 is 5.97 Å². The number of aromatic amines is 1. The highest BCUT2D eigenvalue weighted by molar-refractivity contribution is 5.86. The summed E-state index contributed by atoms with van der Waals surface area (Å²) in [6.45, 7) is 3.38. The van der Waals surface area contributed by atoms with Crippen molar-refractivity contribution in [3.63, 3.8) is 0 Å². The van der Waals surface area contributed by atoms with Crippen LogP contribution in [0.25, 0.3) is 10.9 Å². The van der Waals surface area contributed by atoms with Crippen LogP contribution in [0, 0.1) is 0 Å². The number of nitrogens with one attached hydrogen (secondary N) is 1. The standard InChI is InChI=1S/C13H16N2O2/c1-8(13(2,14)12(16)17)10-7-15-11-6-4-3-5-9(10)11/h3-8,15H,14H2,1-2H3,(H,16,17). The number of carbonyl (C=O) groups is 1. The molecule has 4 heteroatoms. The number of para-hydroxylation sites is 1. The van der Waals surface area contributed by atoms with Gasteiger partial charge in [0.1, 0.15) is 5.54 Å². The summed E-state index contributed by atoms with van der Waals surface area (Å²) in [7, 11) is 0. The smallest absolute Gasteiger partial charge is 0.324 e. The summed E-state index contributed by atoms with van der Waals surface area (Å²) in [6.07, 6.45) is 1.84. The van der Waals surface area contributed by atoms with Crippen molar-refractivity contribution in [2.45, 2.75) is 25.3 Å². The van der Waals surface area contributed by atoms with Crippen LogP contribution in [-0.2, 0) is 4.79 Å². The van der Waals surface area contributed by atoms with Gasteiger partial charge in [-0.25, -0.2) is 0 Å². The van der Waals surface area contributed by atoms with Crippen LogP contribution < -0.4 is 5.73 Å². The van der Waals surface area contributed by atoms with E-state index in [0.717, 1.165) is 16.5 Å². The van der Waals surface area contributed by atoms with Crippen LogP contribution in [-0.4, -0.2) is 21.6 Å². The molecule has 0 amide bonds. The minimum Gasteiger partial charge on any atom is -0.480 e. The molecule has 0 radical (unpaired) electrons. The number of hydrogen-bond acceptors (Lipinski definition) is 2. The fraction of sp³-hybridized carbons (Fsp3) is 0.308. The van der Waals surface area contributed by atoms with Crippen LogP contribution in [0.15, 0.2) is 30.5 Å². The highest BCUT2D eigenvalue weighted by atomic mass is 16.4. The summed E-state index contributed by atoms with van der Waals surface area (Å²) in [5.74, 6) is -1.26. The second kappa shape index (κ2) is 3.89. The maximum absolute atomic E-state index is 11.2. The Balaban J connectivity index is 2.50. The number of benzene rings is 1. The third kappa shape index (κ3) is 1.80. The van der Waals surface area contributed by atoms with Gasteiger partial charge in [0.25, 0.3) is 0 Å². The number of hydrogen-bond donors (Lipinski definition) is 3. The van der Waals surface area contributed by atoms with Gasteiger partial charge in [-0.2, -0.15) is 0 Å². The van der Waals surface area contributed by atoms with Crippen LogP contribution in [0.3, 0.4) is 0 Å². The molecular weight excluding hydrogens is 216 g/mol. The number of nitrogens with two attached hydrogens (primary N) is 1. The normalized spacial score (nSPS) is 16.6. The highest BCUT2D eigenvalue weighted by Gasteiger charge is 2.36. The average molecular weight is 232 g/mol. The molecule has 0 aliphatic carbocycles. The maximum Gasteiger partial charge on any atom is 0.324 e. The van der Waals surface area contributed by atoms with E-state index in [-0.39, 0.29) is 5.92 Å². The molecule has 0 saturated carbocycles. The minimum absolute atomic E-state index is 0.267. The van der Waals surface area contributed by atoms with Crippen molar-refractivity contribution in [2.75, 3.05) is 0 Å². The number of carboxylic acids is 1. The van der Waals surface area contributed by atoms with E-state index >= 15 is 0 Å². The van der Waals surface area contributed by atoms with Gasteiger partial charge in [0.15, 0.2) is 0 Å². The Labute approximate surface area is 99.4 Å². The summed E-state index contributed by atoms with van der Waals surface area (Å²) in [6, 6.07) is 7.79. The molecule has 0 spiro atoms. The fourth-order valence-corrected chi connectivity index (χ4v) is 1.96. The van der Waals surface area contributed by atoms with Gasteiger partial charge in [0.2, 0.25) is 0 Å². The van der Waals surface area contributed by atoms with Gasteiger partial charge in [-0.05, 0) is 18.6 Å². The zero-order chi connectivity index (χ0) is 12.6. The average Bonchev–Trinajstić information content (AvgIpc) is 2.71. The Morgan fingerprint density at radius 3 is 2.76 bits per heavy atom. The van der Waals surface area contributed by atoms with E-state index in [2.05, 4.69) is 4.98 Å². The van der Waals surface area contributed by atoms with Gasteiger partial charge in [-0.3, -0.25) is 4.79 Å². The number of aliphatic carboxylic acids is 1. The molecule has 1 aromatic heterocycles. The molecule has 4 N–H and O–H groups in total. The maximum atomic E-state index is 11.2. The predicted molar refractivity (Wildman–Crippen MR) is 66.9 cm³/mol. The van der Waals surface area contributed by atoms with Gasteiger partial charge in [-0.1, -0.05) is 25.1 Å². The van der Waals surface area contributed by atoms with Crippen LogP contribution in [0.2, 0.25) is 0 Å². The fourth-order valence-electron chi connectivity index (χ4n) is 1.96. The SMILES string of the molecule is CC(c1c[nH]c2ccccc12)C(C)(N)C(=O)O. The molecule has 2 rings (SSSR count). The Morgan fingerprint density at radius 1 is 1.47 bits per heavy atom. The van der Waals surface area contributed by atoms with Crippen molar-refractivity contribution < 1.29 is 9.90 Å². The molecule has 90 valence electrons. The van der Waals surface area contributed by atoms with Crippen molar-refractivity contribution in [2.24, 2.45) is 5.73 Å². The first-order valence-electron chi connectivity index (χ1n) is 5.53. The molecule has 0 aliphatic heterocycles. The molecule has 0 bridgehead atoms. The lowest BCUT2D eigenvalue weighted by Gasteiger charge is -2.26. The van der Waals surface area contributed by atoms with Crippen LogP contribution in [0.4, 0.5) is 0 Å². The lowest BCUT2D eigenvalue weighted by molar-refractivity contribution is -0.143. The molecule has 0 aliphatic rings.